The Morgan fingerprint density at radius 1 is 1.17 bits per heavy atom. The number of carboxylic acid groups (broad SMARTS) is 1. The maximum atomic E-state index is 11.9. The van der Waals surface area contributed by atoms with E-state index in [0.717, 1.165) is 0 Å². The molecule has 0 unspecified atom stereocenters. The fourth-order valence-corrected chi connectivity index (χ4v) is 3.58. The summed E-state index contributed by atoms with van der Waals surface area (Å²) in [5.41, 5.74) is 1.54. The number of ether oxygens (including phenoxy) is 1. The van der Waals surface area contributed by atoms with Crippen molar-refractivity contribution in [3.05, 3.63) is 60.4 Å². The lowest BCUT2D eigenvalue weighted by molar-refractivity contribution is 0.0694. The quantitative estimate of drug-likeness (QED) is 0.481. The van der Waals surface area contributed by atoms with Crippen LogP contribution < -0.4 is 4.74 Å². The molecule has 3 heterocycles. The van der Waals surface area contributed by atoms with Crippen LogP contribution in [0, 0.1) is 0 Å². The van der Waals surface area contributed by atoms with Crippen molar-refractivity contribution in [2.24, 2.45) is 0 Å². The summed E-state index contributed by atoms with van der Waals surface area (Å²) in [5.74, 6) is -0.490. The van der Waals surface area contributed by atoms with Crippen LogP contribution in [0.25, 0.3) is 22.6 Å². The predicted octanol–water partition coefficient (Wildman–Crippen LogP) is 3.30. The summed E-state index contributed by atoms with van der Waals surface area (Å²) in [6.45, 7) is 1.53. The van der Waals surface area contributed by atoms with E-state index in [0.29, 0.717) is 22.6 Å². The number of pyridine rings is 2. The molecule has 0 bridgehead atoms. The molecule has 0 amide bonds. The van der Waals surface area contributed by atoms with Crippen molar-refractivity contribution in [3.8, 4) is 23.0 Å². The average Bonchev–Trinajstić information content (AvgIpc) is 3.17. The number of benzene rings is 1. The molecule has 2 N–H and O–H groups in total. The third kappa shape index (κ3) is 3.72. The molecule has 9 nitrogen and oxygen atoms in total. The number of aromatic nitrogens is 4. The third-order valence-corrected chi connectivity index (χ3v) is 6.00. The number of sulfone groups is 1. The topological polar surface area (TPSA) is 135 Å². The third-order valence-electron chi connectivity index (χ3n) is 4.36. The van der Waals surface area contributed by atoms with Crippen LogP contribution in [0.15, 0.2) is 59.9 Å². The second-order valence-electron chi connectivity index (χ2n) is 6.31. The summed E-state index contributed by atoms with van der Waals surface area (Å²) in [7, 11) is -3.44. The minimum Gasteiger partial charge on any atom is -0.478 e. The molecule has 152 valence electrons. The van der Waals surface area contributed by atoms with Gasteiger partial charge in [-0.15, -0.1) is 0 Å². The van der Waals surface area contributed by atoms with Gasteiger partial charge >= 0.3 is 5.97 Å². The van der Waals surface area contributed by atoms with Crippen LogP contribution in [0.5, 0.6) is 11.5 Å². The van der Waals surface area contributed by atoms with E-state index in [1.807, 2.05) is 6.07 Å². The number of hydrogen-bond donors (Lipinski definition) is 2. The molecule has 0 aliphatic carbocycles. The van der Waals surface area contributed by atoms with Crippen molar-refractivity contribution in [2.75, 3.05) is 5.75 Å². The van der Waals surface area contributed by atoms with E-state index in [9.17, 15) is 18.3 Å². The number of carbonyl (C=O) groups is 1. The molecule has 3 aromatic heterocycles. The van der Waals surface area contributed by atoms with Gasteiger partial charge in [-0.05, 0) is 30.3 Å². The first-order chi connectivity index (χ1) is 14.4. The maximum absolute atomic E-state index is 11.9. The van der Waals surface area contributed by atoms with E-state index in [-0.39, 0.29) is 27.8 Å². The molecule has 0 aliphatic heterocycles. The number of nitrogens with zero attached hydrogens (tertiary/aromatic N) is 3. The van der Waals surface area contributed by atoms with Crippen LogP contribution in [0.4, 0.5) is 0 Å². The van der Waals surface area contributed by atoms with Crippen molar-refractivity contribution < 1.29 is 23.1 Å². The number of hydrogen-bond acceptors (Lipinski definition) is 7. The Morgan fingerprint density at radius 3 is 2.63 bits per heavy atom. The lowest BCUT2D eigenvalue weighted by atomic mass is 10.2. The largest absolute Gasteiger partial charge is 0.478 e. The number of carboxylic acids is 1. The zero-order valence-corrected chi connectivity index (χ0v) is 16.5. The van der Waals surface area contributed by atoms with Gasteiger partial charge in [0.25, 0.3) is 0 Å². The van der Waals surface area contributed by atoms with Gasteiger partial charge in [0.05, 0.1) is 23.0 Å². The monoisotopic (exact) mass is 424 g/mol. The van der Waals surface area contributed by atoms with Crippen molar-refractivity contribution in [2.45, 2.75) is 11.9 Å². The highest BCUT2D eigenvalue weighted by Crippen LogP contribution is 2.30. The van der Waals surface area contributed by atoms with Crippen molar-refractivity contribution >= 4 is 26.8 Å². The SMILES string of the molecule is CCS(=O)(=O)c1ccc(Oc2cc3[nH]c(-c4ccccn4)nc3cc2C(=O)O)cn1. The normalized spacial score (nSPS) is 11.5. The van der Waals surface area contributed by atoms with Gasteiger partial charge in [0.2, 0.25) is 0 Å². The fourth-order valence-electron chi connectivity index (χ4n) is 2.80. The molecule has 0 aliphatic rings. The molecule has 0 atom stereocenters. The molecule has 1 aromatic carbocycles. The molecule has 4 rings (SSSR count). The molecule has 0 saturated carbocycles. The first-order valence-corrected chi connectivity index (χ1v) is 10.6. The van der Waals surface area contributed by atoms with Crippen LogP contribution in [0.3, 0.4) is 0 Å². The molecular formula is C20H16N4O5S. The number of aromatic amines is 1. The van der Waals surface area contributed by atoms with Crippen molar-refractivity contribution in [3.63, 3.8) is 0 Å². The molecule has 0 radical (unpaired) electrons. The molecule has 30 heavy (non-hydrogen) atoms. The van der Waals surface area contributed by atoms with Crippen molar-refractivity contribution in [1.82, 2.24) is 19.9 Å². The maximum Gasteiger partial charge on any atom is 0.339 e. The zero-order valence-electron chi connectivity index (χ0n) is 15.7. The van der Waals surface area contributed by atoms with Gasteiger partial charge in [-0.1, -0.05) is 13.0 Å². The van der Waals surface area contributed by atoms with Gasteiger partial charge < -0.3 is 14.8 Å². The second kappa shape index (κ2) is 7.56. The Balaban J connectivity index is 1.72. The average molecular weight is 424 g/mol. The number of imidazole rings is 1. The van der Waals surface area contributed by atoms with Crippen LogP contribution in [-0.2, 0) is 9.84 Å². The summed E-state index contributed by atoms with van der Waals surface area (Å²) in [6.07, 6.45) is 2.87. The first kappa shape index (κ1) is 19.5. The molecule has 0 spiro atoms. The molecule has 0 saturated heterocycles. The van der Waals surface area contributed by atoms with Gasteiger partial charge in [-0.3, -0.25) is 4.98 Å². The standard InChI is InChI=1S/C20H16N4O5S/c1-2-30(27,28)18-7-6-12(11-22-18)29-17-10-16-15(9-13(17)20(25)26)23-19(24-16)14-5-3-4-8-21-14/h3-11H,2H2,1H3,(H,23,24)(H,25,26). The molecular weight excluding hydrogens is 408 g/mol. The van der Waals surface area contributed by atoms with E-state index in [1.54, 1.807) is 18.3 Å². The summed E-state index contributed by atoms with van der Waals surface area (Å²) >= 11 is 0. The van der Waals surface area contributed by atoms with Crippen LogP contribution in [0.2, 0.25) is 0 Å². The van der Waals surface area contributed by atoms with Gasteiger partial charge in [0.15, 0.2) is 20.7 Å². The highest BCUT2D eigenvalue weighted by atomic mass is 32.2. The van der Waals surface area contributed by atoms with Gasteiger partial charge in [-0.2, -0.15) is 0 Å². The second-order valence-corrected chi connectivity index (χ2v) is 8.53. The van der Waals surface area contributed by atoms with Gasteiger partial charge in [0, 0.05) is 12.3 Å². The zero-order chi connectivity index (χ0) is 21.3. The Kier molecular flexibility index (Phi) is 4.92. The number of nitrogens with one attached hydrogen (secondary N) is 1. The van der Waals surface area contributed by atoms with Crippen LogP contribution in [-0.4, -0.2) is 45.2 Å². The Hall–Kier alpha value is -3.79. The van der Waals surface area contributed by atoms with Gasteiger partial charge in [0.1, 0.15) is 22.8 Å². The Morgan fingerprint density at radius 2 is 2.00 bits per heavy atom. The van der Waals surface area contributed by atoms with Crippen LogP contribution >= 0.6 is 0 Å². The summed E-state index contributed by atoms with van der Waals surface area (Å²) in [5, 5.41) is 9.51. The minimum absolute atomic E-state index is 0.0686. The smallest absolute Gasteiger partial charge is 0.339 e. The van der Waals surface area contributed by atoms with E-state index in [1.165, 1.54) is 37.4 Å². The lowest BCUT2D eigenvalue weighted by Crippen LogP contribution is -2.06. The molecule has 10 heteroatoms. The molecule has 4 aromatic rings. The van der Waals surface area contributed by atoms with E-state index < -0.39 is 15.8 Å². The van der Waals surface area contributed by atoms with Gasteiger partial charge in [-0.25, -0.2) is 23.2 Å². The van der Waals surface area contributed by atoms with Crippen molar-refractivity contribution in [1.29, 1.82) is 0 Å². The fraction of sp³-hybridized carbons (Fsp3) is 0.100. The number of H-pyrrole nitrogens is 1. The summed E-state index contributed by atoms with van der Waals surface area (Å²) in [4.78, 5) is 27.4. The highest BCUT2D eigenvalue weighted by Gasteiger charge is 2.18. The van der Waals surface area contributed by atoms with E-state index >= 15 is 0 Å². The Bertz CT molecular complexity index is 1330. The minimum atomic E-state index is -3.44. The number of rotatable bonds is 6. The van der Waals surface area contributed by atoms with E-state index in [2.05, 4.69) is 19.9 Å². The van der Waals surface area contributed by atoms with Crippen LogP contribution in [0.1, 0.15) is 17.3 Å². The Labute approximate surface area is 171 Å². The van der Waals surface area contributed by atoms with E-state index in [4.69, 9.17) is 4.74 Å². The number of fused-ring (bicyclic) bond motifs is 1. The highest BCUT2D eigenvalue weighted by molar-refractivity contribution is 7.91. The molecule has 0 fully saturated rings. The lowest BCUT2D eigenvalue weighted by Gasteiger charge is -2.09. The number of aromatic carboxylic acids is 1. The summed E-state index contributed by atoms with van der Waals surface area (Å²) < 4.78 is 29.5. The first-order valence-electron chi connectivity index (χ1n) is 8.92. The summed E-state index contributed by atoms with van der Waals surface area (Å²) in [6, 6.07) is 11.1. The predicted molar refractivity (Wildman–Crippen MR) is 108 cm³/mol.